The first kappa shape index (κ1) is 52.1. The molecule has 1 aromatic carbocycles. The molecule has 2 rings (SSSR count). The van der Waals surface area contributed by atoms with Gasteiger partial charge in [-0.05, 0) is 83.1 Å². The summed E-state index contributed by atoms with van der Waals surface area (Å²) in [7, 11) is 0. The van der Waals surface area contributed by atoms with Crippen molar-refractivity contribution in [2.24, 2.45) is 40.7 Å². The fourth-order valence-corrected chi connectivity index (χ4v) is 6.75. The molecule has 1 saturated heterocycles. The minimum atomic E-state index is -1.33. The van der Waals surface area contributed by atoms with Gasteiger partial charge in [0.25, 0.3) is 0 Å². The molecule has 20 heteroatoms. The molecule has 1 aliphatic heterocycles. The predicted molar refractivity (Wildman–Crippen MR) is 227 cm³/mol. The zero-order chi connectivity index (χ0) is 45.6. The largest absolute Gasteiger partial charge is 0.393 e. The highest BCUT2D eigenvalue weighted by Crippen LogP contribution is 2.15. The number of aliphatic hydroxyl groups excluding tert-OH is 1. The Hall–Kier alpha value is -5.02. The van der Waals surface area contributed by atoms with Crippen LogP contribution >= 0.6 is 0 Å². The van der Waals surface area contributed by atoms with Crippen LogP contribution in [0.4, 0.5) is 0 Å². The van der Waals surface area contributed by atoms with Gasteiger partial charge in [0.1, 0.15) is 30.2 Å². The molecule has 342 valence electrons. The minimum Gasteiger partial charge on any atom is -0.393 e. The monoisotopic (exact) mass is 860 g/mol. The number of hydrogen-bond acceptors (Lipinski definition) is 13. The number of aliphatic hydroxyl groups is 1. The SMILES string of the molecule is CC(C)CC1NC(=O)C(Cc2ccccc2)NC(=O)C(CCN)NC(=O)C(NC(=O)C(C)CCN)CCNC(=O)C(C(C)O)CC(=O)C(CCN)NC(=O)C(CCN)NC1=O. The summed E-state index contributed by atoms with van der Waals surface area (Å²) in [6.45, 7) is 6.45. The topological polar surface area (TPSA) is 345 Å². The smallest absolute Gasteiger partial charge is 0.243 e. The van der Waals surface area contributed by atoms with Crippen molar-refractivity contribution < 1.29 is 43.5 Å². The highest BCUT2D eigenvalue weighted by atomic mass is 16.3. The molecule has 0 aromatic heterocycles. The van der Waals surface area contributed by atoms with Crippen molar-refractivity contribution in [3.8, 4) is 0 Å². The molecule has 0 saturated carbocycles. The molecule has 7 amide bonds. The molecule has 20 nitrogen and oxygen atoms in total. The second-order valence-electron chi connectivity index (χ2n) is 16.0. The number of nitrogens with two attached hydrogens (primary N) is 4. The third kappa shape index (κ3) is 17.9. The van der Waals surface area contributed by atoms with E-state index < -0.39 is 108 Å². The molecule has 61 heavy (non-hydrogen) atoms. The maximum atomic E-state index is 14.1. The Bertz CT molecular complexity index is 1610. The standard InChI is InChI=1S/C41H69N11O9/c1-23(2)20-32-40(60)50-29(12-17-44)37(57)47-28(11-16-43)34(54)22-27(25(4)53)36(56)46-19-14-31(48-35(55)24(3)10-15-42)39(59)49-30(13-18-45)38(58)52-33(41(61)51-32)21-26-8-6-5-7-9-26/h5-9,23-25,27-33,53H,10-22,42-45H2,1-4H3,(H,46,56)(H,47,57)(H,48,55)(H,49,59)(H,50,60)(H,51,61)(H,52,58). The van der Waals surface area contributed by atoms with Crippen LogP contribution in [0, 0.1) is 17.8 Å². The molecular weight excluding hydrogens is 791 g/mol. The zero-order valence-electron chi connectivity index (χ0n) is 35.9. The second kappa shape index (κ2) is 27.0. The maximum Gasteiger partial charge on any atom is 0.243 e. The Kier molecular flexibility index (Phi) is 23.1. The van der Waals surface area contributed by atoms with Gasteiger partial charge in [-0.3, -0.25) is 38.4 Å². The summed E-state index contributed by atoms with van der Waals surface area (Å²) < 4.78 is 0. The van der Waals surface area contributed by atoms with Crippen LogP contribution in [0.2, 0.25) is 0 Å². The quantitative estimate of drug-likeness (QED) is 0.0823. The summed E-state index contributed by atoms with van der Waals surface area (Å²) in [6.07, 6.45) is -1.76. The lowest BCUT2D eigenvalue weighted by Crippen LogP contribution is -2.60. The minimum absolute atomic E-state index is 0.0165. The molecule has 0 aliphatic carbocycles. The normalized spacial score (nSPS) is 25.5. The average molecular weight is 860 g/mol. The number of carbonyl (C=O) groups excluding carboxylic acids is 8. The van der Waals surface area contributed by atoms with E-state index in [1.165, 1.54) is 6.92 Å². The van der Waals surface area contributed by atoms with Crippen molar-refractivity contribution in [3.63, 3.8) is 0 Å². The van der Waals surface area contributed by atoms with Gasteiger partial charge in [-0.1, -0.05) is 51.1 Å². The molecule has 1 aromatic rings. The van der Waals surface area contributed by atoms with Gasteiger partial charge in [0.05, 0.1) is 18.1 Å². The van der Waals surface area contributed by atoms with Gasteiger partial charge in [0.15, 0.2) is 5.78 Å². The Morgan fingerprint density at radius 3 is 1.70 bits per heavy atom. The molecule has 9 atom stereocenters. The molecule has 16 N–H and O–H groups in total. The lowest BCUT2D eigenvalue weighted by molar-refractivity contribution is -0.136. The Labute approximate surface area is 357 Å². The van der Waals surface area contributed by atoms with E-state index in [0.29, 0.717) is 12.0 Å². The van der Waals surface area contributed by atoms with Crippen LogP contribution in [-0.2, 0) is 44.8 Å². The van der Waals surface area contributed by atoms with Crippen molar-refractivity contribution >= 4 is 47.1 Å². The van der Waals surface area contributed by atoms with Crippen LogP contribution in [0.25, 0.3) is 0 Å². The van der Waals surface area contributed by atoms with Crippen molar-refractivity contribution in [2.45, 2.75) is 121 Å². The van der Waals surface area contributed by atoms with Gasteiger partial charge < -0.3 is 65.3 Å². The molecule has 0 radical (unpaired) electrons. The first-order chi connectivity index (χ1) is 28.9. The van der Waals surface area contributed by atoms with Gasteiger partial charge in [-0.15, -0.1) is 0 Å². The van der Waals surface area contributed by atoms with E-state index in [2.05, 4.69) is 37.2 Å². The highest BCUT2D eigenvalue weighted by Gasteiger charge is 2.35. The summed E-state index contributed by atoms with van der Waals surface area (Å²) in [5.74, 6) is -7.68. The summed E-state index contributed by atoms with van der Waals surface area (Å²) in [5.41, 5.74) is 23.8. The maximum absolute atomic E-state index is 14.1. The van der Waals surface area contributed by atoms with Crippen molar-refractivity contribution in [2.75, 3.05) is 32.7 Å². The van der Waals surface area contributed by atoms with Crippen LogP contribution in [0.5, 0.6) is 0 Å². The third-order valence-corrected chi connectivity index (χ3v) is 10.3. The summed E-state index contributed by atoms with van der Waals surface area (Å²) in [4.78, 5) is 110. The number of Topliss-reactive ketones (excluding diaryl/α,β-unsaturated/α-hetero) is 1. The van der Waals surface area contributed by atoms with Gasteiger partial charge in [-0.2, -0.15) is 0 Å². The average Bonchev–Trinajstić information content (AvgIpc) is 3.20. The number of ketones is 1. The van der Waals surface area contributed by atoms with E-state index in [9.17, 15) is 43.5 Å². The number of amides is 7. The summed E-state index contributed by atoms with van der Waals surface area (Å²) >= 11 is 0. The lowest BCUT2D eigenvalue weighted by atomic mass is 9.92. The molecule has 1 heterocycles. The van der Waals surface area contributed by atoms with E-state index in [0.717, 1.165) is 0 Å². The number of carbonyl (C=O) groups is 8. The zero-order valence-corrected chi connectivity index (χ0v) is 35.9. The van der Waals surface area contributed by atoms with E-state index in [1.807, 2.05) is 13.8 Å². The molecule has 1 fully saturated rings. The van der Waals surface area contributed by atoms with Crippen LogP contribution < -0.4 is 60.2 Å². The van der Waals surface area contributed by atoms with Crippen molar-refractivity contribution in [3.05, 3.63) is 35.9 Å². The van der Waals surface area contributed by atoms with Crippen molar-refractivity contribution in [1.82, 2.24) is 37.2 Å². The third-order valence-electron chi connectivity index (χ3n) is 10.3. The van der Waals surface area contributed by atoms with E-state index in [1.54, 1.807) is 37.3 Å². The fraction of sp³-hybridized carbons (Fsp3) is 0.659. The second-order valence-corrected chi connectivity index (χ2v) is 16.0. The van der Waals surface area contributed by atoms with Gasteiger partial charge in [0.2, 0.25) is 41.4 Å². The summed E-state index contributed by atoms with van der Waals surface area (Å²) in [6, 6.07) is 1.27. The van der Waals surface area contributed by atoms with Crippen LogP contribution in [0.3, 0.4) is 0 Å². The van der Waals surface area contributed by atoms with Crippen LogP contribution in [0.15, 0.2) is 30.3 Å². The highest BCUT2D eigenvalue weighted by molar-refractivity contribution is 5.98. The number of rotatable bonds is 15. The lowest BCUT2D eigenvalue weighted by Gasteiger charge is -2.28. The van der Waals surface area contributed by atoms with Crippen LogP contribution in [-0.4, -0.2) is 127 Å². The Balaban J connectivity index is 2.69. The Morgan fingerprint density at radius 1 is 0.672 bits per heavy atom. The number of hydrogen-bond donors (Lipinski definition) is 12. The molecule has 0 spiro atoms. The number of benzene rings is 1. The molecule has 1 aliphatic rings. The Morgan fingerprint density at radius 2 is 1.16 bits per heavy atom. The van der Waals surface area contributed by atoms with Crippen molar-refractivity contribution in [1.29, 1.82) is 0 Å². The fourth-order valence-electron chi connectivity index (χ4n) is 6.75. The van der Waals surface area contributed by atoms with E-state index >= 15 is 0 Å². The van der Waals surface area contributed by atoms with Gasteiger partial charge in [-0.25, -0.2) is 0 Å². The van der Waals surface area contributed by atoms with Gasteiger partial charge >= 0.3 is 0 Å². The molecule has 9 unspecified atom stereocenters. The van der Waals surface area contributed by atoms with E-state index in [4.69, 9.17) is 22.9 Å². The van der Waals surface area contributed by atoms with Gasteiger partial charge in [0, 0.05) is 25.3 Å². The number of nitrogens with one attached hydrogen (secondary N) is 7. The molecular formula is C41H69N11O9. The van der Waals surface area contributed by atoms with E-state index in [-0.39, 0.29) is 77.2 Å². The molecule has 0 bridgehead atoms. The first-order valence-electron chi connectivity index (χ1n) is 21.1. The first-order valence-corrected chi connectivity index (χ1v) is 21.1. The summed E-state index contributed by atoms with van der Waals surface area (Å²) in [5, 5.41) is 29.3. The predicted octanol–water partition coefficient (Wildman–Crippen LogP) is -3.31. The van der Waals surface area contributed by atoms with Crippen LogP contribution in [0.1, 0.15) is 78.2 Å².